The maximum atomic E-state index is 8.89. The van der Waals surface area contributed by atoms with E-state index in [4.69, 9.17) is 11.3 Å². The Balaban J connectivity index is 1.27. The van der Waals surface area contributed by atoms with Gasteiger partial charge in [0.1, 0.15) is 11.2 Å². The summed E-state index contributed by atoms with van der Waals surface area (Å²) in [6.07, 6.45) is 0. The van der Waals surface area contributed by atoms with Crippen LogP contribution in [0.5, 0.6) is 0 Å². The summed E-state index contributed by atoms with van der Waals surface area (Å²) in [7, 11) is 0. The number of fused-ring (bicyclic) bond motifs is 5. The quantitative estimate of drug-likeness (QED) is 0.169. The van der Waals surface area contributed by atoms with Gasteiger partial charge in [-0.05, 0) is 114 Å². The summed E-state index contributed by atoms with van der Waals surface area (Å²) < 4.78 is 49.6. The molecule has 10 aromatic rings. The fourth-order valence-corrected chi connectivity index (χ4v) is 7.68. The normalized spacial score (nSPS) is 12.9. The first-order valence-electron chi connectivity index (χ1n) is 19.6. The van der Waals surface area contributed by atoms with Gasteiger partial charge in [0, 0.05) is 10.8 Å². The summed E-state index contributed by atoms with van der Waals surface area (Å²) in [5.41, 5.74) is 10.5. The van der Waals surface area contributed by atoms with Gasteiger partial charge in [0.15, 0.2) is 0 Å². The summed E-state index contributed by atoms with van der Waals surface area (Å²) in [4.78, 5) is 0. The van der Waals surface area contributed by atoms with E-state index in [-0.39, 0.29) is 29.7 Å². The van der Waals surface area contributed by atoms with Crippen LogP contribution in [0.15, 0.2) is 198 Å². The van der Waals surface area contributed by atoms with Crippen LogP contribution in [0, 0.1) is 0 Å². The standard InChI is InChI=1S/C50H32O/c1-4-15-33(16-5-1)36-27-28-44-47(32-36)51-46-26-14-25-45(50(44)46)49-42-23-12-10-21-40(42)48(41-22-11-13-24-43(41)49)39-30-37(34-17-6-2-7-18-34)29-38(31-39)35-19-8-3-9-20-35/h1-32H/i2D,6D,7D,17D,18D. The van der Waals surface area contributed by atoms with E-state index >= 15 is 0 Å². The molecule has 0 unspecified atom stereocenters. The first-order valence-corrected chi connectivity index (χ1v) is 17.1. The molecule has 0 aliphatic heterocycles. The molecule has 0 saturated heterocycles. The zero-order valence-electron chi connectivity index (χ0n) is 32.5. The zero-order valence-corrected chi connectivity index (χ0v) is 27.5. The van der Waals surface area contributed by atoms with Gasteiger partial charge in [-0.2, -0.15) is 0 Å². The number of benzene rings is 9. The monoisotopic (exact) mass is 653 g/mol. The zero-order chi connectivity index (χ0) is 38.1. The van der Waals surface area contributed by atoms with Gasteiger partial charge in [-0.3, -0.25) is 0 Å². The van der Waals surface area contributed by atoms with Crippen molar-refractivity contribution >= 4 is 43.5 Å². The first-order chi connectivity index (χ1) is 27.4. The number of hydrogen-bond acceptors (Lipinski definition) is 1. The van der Waals surface area contributed by atoms with Crippen LogP contribution < -0.4 is 0 Å². The molecule has 9 aromatic carbocycles. The molecule has 1 heterocycles. The Bertz CT molecular complexity index is 3100. The molecule has 1 heteroatoms. The molecule has 1 nitrogen and oxygen atoms in total. The third kappa shape index (κ3) is 4.94. The average Bonchev–Trinajstić information content (AvgIpc) is 3.63. The summed E-state index contributed by atoms with van der Waals surface area (Å²) in [6, 6.07) is 54.4. The van der Waals surface area contributed by atoms with Crippen molar-refractivity contribution < 1.29 is 11.3 Å². The summed E-state index contributed by atoms with van der Waals surface area (Å²) in [5, 5.41) is 6.31. The molecule has 0 radical (unpaired) electrons. The summed E-state index contributed by atoms with van der Waals surface area (Å²) in [5.74, 6) is 0. The lowest BCUT2D eigenvalue weighted by atomic mass is 9.83. The third-order valence-electron chi connectivity index (χ3n) is 9.92. The molecular weight excluding hydrogens is 617 g/mol. The Morgan fingerprint density at radius 1 is 0.333 bits per heavy atom. The molecule has 0 fully saturated rings. The van der Waals surface area contributed by atoms with Crippen molar-refractivity contribution in [3.63, 3.8) is 0 Å². The lowest BCUT2D eigenvalue weighted by Gasteiger charge is -2.19. The molecule has 0 bridgehead atoms. The highest BCUT2D eigenvalue weighted by atomic mass is 16.3. The van der Waals surface area contributed by atoms with Crippen LogP contribution in [0.4, 0.5) is 0 Å². The SMILES string of the molecule is [2H]c1c([2H])c([2H])c(-c2cc(-c3ccccc3)cc(-c3c4ccccc4c(-c4cccc5oc6cc(-c7ccccc7)ccc6c45)c4ccccc34)c2)c([2H])c1[2H]. The van der Waals surface area contributed by atoms with Crippen LogP contribution in [0.1, 0.15) is 6.85 Å². The Kier molecular flexibility index (Phi) is 5.76. The van der Waals surface area contributed by atoms with E-state index in [9.17, 15) is 0 Å². The molecule has 1 aromatic heterocycles. The second kappa shape index (κ2) is 12.0. The topological polar surface area (TPSA) is 13.1 Å². The van der Waals surface area contributed by atoms with Gasteiger partial charge in [-0.15, -0.1) is 0 Å². The Labute approximate surface area is 303 Å². The minimum atomic E-state index is -0.409. The smallest absolute Gasteiger partial charge is 0.136 e. The molecule has 51 heavy (non-hydrogen) atoms. The molecule has 0 aliphatic carbocycles. The molecule has 0 saturated carbocycles. The van der Waals surface area contributed by atoms with Gasteiger partial charge in [0.2, 0.25) is 0 Å². The Morgan fingerprint density at radius 3 is 1.53 bits per heavy atom. The highest BCUT2D eigenvalue weighted by Crippen LogP contribution is 2.48. The predicted molar refractivity (Wildman–Crippen MR) is 216 cm³/mol. The van der Waals surface area contributed by atoms with Crippen molar-refractivity contribution in [2.75, 3.05) is 0 Å². The number of hydrogen-bond donors (Lipinski definition) is 0. The Hall–Kier alpha value is -6.70. The van der Waals surface area contributed by atoms with E-state index in [1.807, 2.05) is 66.7 Å². The summed E-state index contributed by atoms with van der Waals surface area (Å²) >= 11 is 0. The van der Waals surface area contributed by atoms with E-state index < -0.39 is 6.04 Å². The maximum Gasteiger partial charge on any atom is 0.136 e. The van der Waals surface area contributed by atoms with Crippen LogP contribution in [0.3, 0.4) is 0 Å². The van der Waals surface area contributed by atoms with Gasteiger partial charge in [-0.1, -0.05) is 158 Å². The van der Waals surface area contributed by atoms with E-state index in [0.717, 1.165) is 88.0 Å². The van der Waals surface area contributed by atoms with Crippen LogP contribution in [-0.2, 0) is 0 Å². The van der Waals surface area contributed by atoms with Gasteiger partial charge < -0.3 is 4.42 Å². The highest BCUT2D eigenvalue weighted by molar-refractivity contribution is 6.25. The van der Waals surface area contributed by atoms with E-state index in [1.54, 1.807) is 0 Å². The second-order valence-corrected chi connectivity index (χ2v) is 12.9. The van der Waals surface area contributed by atoms with Crippen molar-refractivity contribution in [1.82, 2.24) is 0 Å². The average molecular weight is 654 g/mol. The van der Waals surface area contributed by atoms with Crippen molar-refractivity contribution in [2.45, 2.75) is 0 Å². The van der Waals surface area contributed by atoms with Crippen LogP contribution >= 0.6 is 0 Å². The number of rotatable bonds is 5. The fourth-order valence-electron chi connectivity index (χ4n) is 7.68. The molecule has 238 valence electrons. The molecular formula is C50H32O. The molecule has 0 amide bonds. The first kappa shape index (κ1) is 24.4. The van der Waals surface area contributed by atoms with Crippen molar-refractivity contribution in [1.29, 1.82) is 0 Å². The Morgan fingerprint density at radius 2 is 0.882 bits per heavy atom. The number of furan rings is 1. The molecule has 0 atom stereocenters. The summed E-state index contributed by atoms with van der Waals surface area (Å²) in [6.45, 7) is 0. The maximum absolute atomic E-state index is 8.89. The van der Waals surface area contributed by atoms with Gasteiger partial charge in [-0.25, -0.2) is 0 Å². The van der Waals surface area contributed by atoms with Crippen LogP contribution in [0.2, 0.25) is 0 Å². The molecule has 10 rings (SSSR count). The van der Waals surface area contributed by atoms with Crippen LogP contribution in [0.25, 0.3) is 99.1 Å². The van der Waals surface area contributed by atoms with E-state index in [2.05, 4.69) is 97.1 Å². The minimum Gasteiger partial charge on any atom is -0.456 e. The molecule has 0 spiro atoms. The highest BCUT2D eigenvalue weighted by Gasteiger charge is 2.21. The van der Waals surface area contributed by atoms with Gasteiger partial charge in [0.25, 0.3) is 0 Å². The largest absolute Gasteiger partial charge is 0.456 e. The minimum absolute atomic E-state index is 0.175. The van der Waals surface area contributed by atoms with E-state index in [0.29, 0.717) is 5.56 Å². The lowest BCUT2D eigenvalue weighted by Crippen LogP contribution is -1.92. The van der Waals surface area contributed by atoms with Crippen LogP contribution in [-0.4, -0.2) is 0 Å². The third-order valence-corrected chi connectivity index (χ3v) is 9.92. The van der Waals surface area contributed by atoms with Crippen molar-refractivity contribution in [2.24, 2.45) is 0 Å². The van der Waals surface area contributed by atoms with Crippen molar-refractivity contribution in [3.05, 3.63) is 194 Å². The lowest BCUT2D eigenvalue weighted by molar-refractivity contribution is 0.669. The second-order valence-electron chi connectivity index (χ2n) is 12.9. The van der Waals surface area contributed by atoms with E-state index in [1.165, 1.54) is 0 Å². The van der Waals surface area contributed by atoms with Crippen molar-refractivity contribution in [3.8, 4) is 55.6 Å². The van der Waals surface area contributed by atoms with Gasteiger partial charge in [0.05, 0.1) is 6.85 Å². The fraction of sp³-hybridized carbons (Fsp3) is 0. The predicted octanol–water partition coefficient (Wildman–Crippen LogP) is 14.2. The molecule has 0 N–H and O–H groups in total. The van der Waals surface area contributed by atoms with Gasteiger partial charge >= 0.3 is 0 Å². The molecule has 0 aliphatic rings.